The van der Waals surface area contributed by atoms with Crippen molar-refractivity contribution >= 4 is 17.7 Å². The van der Waals surface area contributed by atoms with Gasteiger partial charge in [-0.2, -0.15) is 0 Å². The molecule has 0 aromatic carbocycles. The van der Waals surface area contributed by atoms with Crippen molar-refractivity contribution in [1.82, 2.24) is 5.32 Å². The third-order valence-electron chi connectivity index (χ3n) is 2.83. The molecule has 0 aliphatic carbocycles. The molecule has 0 saturated heterocycles. The lowest BCUT2D eigenvalue weighted by Crippen LogP contribution is -2.43. The Labute approximate surface area is 127 Å². The Morgan fingerprint density at radius 1 is 1.05 bits per heavy atom. The second-order valence-corrected chi connectivity index (χ2v) is 6.84. The minimum Gasteiger partial charge on any atom is -0.444 e. The third-order valence-corrected chi connectivity index (χ3v) is 2.83. The summed E-state index contributed by atoms with van der Waals surface area (Å²) in [6, 6.07) is -0.650. The number of nitrogens with one attached hydrogen (secondary N) is 1. The summed E-state index contributed by atoms with van der Waals surface area (Å²) in [6.07, 6.45) is 1.15. The molecular formula is C16H29NO4. The standard InChI is InChI=1S/C16H29NO4/c1-11(2)7-10-14(19)13(9-8-12(3)18)17-15(20)21-16(4,5)6/h11,13H,7-10H2,1-6H3,(H,17,20). The van der Waals surface area contributed by atoms with Crippen molar-refractivity contribution in [3.63, 3.8) is 0 Å². The van der Waals surface area contributed by atoms with E-state index >= 15 is 0 Å². The molecular weight excluding hydrogens is 270 g/mol. The molecule has 1 unspecified atom stereocenters. The quantitative estimate of drug-likeness (QED) is 0.746. The van der Waals surface area contributed by atoms with E-state index < -0.39 is 17.7 Å². The number of carbonyl (C=O) groups is 3. The number of amides is 1. The Hall–Kier alpha value is -1.39. The zero-order valence-electron chi connectivity index (χ0n) is 14.1. The molecule has 0 fully saturated rings. The van der Waals surface area contributed by atoms with E-state index in [9.17, 15) is 14.4 Å². The Bertz CT molecular complexity index is 369. The van der Waals surface area contributed by atoms with Crippen molar-refractivity contribution in [1.29, 1.82) is 0 Å². The third kappa shape index (κ3) is 11.0. The van der Waals surface area contributed by atoms with E-state index in [1.807, 2.05) is 13.8 Å². The van der Waals surface area contributed by atoms with Crippen molar-refractivity contribution in [2.45, 2.75) is 78.9 Å². The van der Waals surface area contributed by atoms with Crippen LogP contribution < -0.4 is 5.32 Å². The van der Waals surface area contributed by atoms with E-state index in [-0.39, 0.29) is 18.0 Å². The van der Waals surface area contributed by atoms with E-state index in [4.69, 9.17) is 4.74 Å². The summed E-state index contributed by atoms with van der Waals surface area (Å²) < 4.78 is 5.16. The summed E-state index contributed by atoms with van der Waals surface area (Å²) in [7, 11) is 0. The predicted octanol–water partition coefficient (Wildman–Crippen LogP) is 3.25. The summed E-state index contributed by atoms with van der Waals surface area (Å²) in [5, 5.41) is 2.59. The van der Waals surface area contributed by atoms with E-state index in [0.717, 1.165) is 6.42 Å². The molecule has 122 valence electrons. The van der Waals surface area contributed by atoms with Crippen LogP contribution in [0.15, 0.2) is 0 Å². The first-order valence-electron chi connectivity index (χ1n) is 7.53. The molecule has 0 bridgehead atoms. The smallest absolute Gasteiger partial charge is 0.408 e. The molecule has 0 aromatic heterocycles. The highest BCUT2D eigenvalue weighted by Gasteiger charge is 2.24. The number of alkyl carbamates (subject to hydrolysis) is 1. The fraction of sp³-hybridized carbons (Fsp3) is 0.812. The minimum atomic E-state index is -0.650. The highest BCUT2D eigenvalue weighted by atomic mass is 16.6. The number of Topliss-reactive ketones (excluding diaryl/α,β-unsaturated/α-hetero) is 2. The molecule has 1 N–H and O–H groups in total. The average Bonchev–Trinajstić information content (AvgIpc) is 2.28. The van der Waals surface area contributed by atoms with Gasteiger partial charge in [0.2, 0.25) is 0 Å². The lowest BCUT2D eigenvalue weighted by molar-refractivity contribution is -0.122. The fourth-order valence-electron chi connectivity index (χ4n) is 1.72. The van der Waals surface area contributed by atoms with Crippen LogP contribution in [0.4, 0.5) is 4.79 Å². The summed E-state index contributed by atoms with van der Waals surface area (Å²) in [4.78, 5) is 35.1. The Kier molecular flexibility index (Phi) is 8.22. The molecule has 0 aromatic rings. The average molecular weight is 299 g/mol. The zero-order valence-corrected chi connectivity index (χ0v) is 14.1. The first-order chi connectivity index (χ1) is 9.51. The van der Waals surface area contributed by atoms with Gasteiger partial charge in [0.1, 0.15) is 11.4 Å². The predicted molar refractivity (Wildman–Crippen MR) is 82.2 cm³/mol. The van der Waals surface area contributed by atoms with Gasteiger partial charge in [0, 0.05) is 12.8 Å². The number of carbonyl (C=O) groups excluding carboxylic acids is 3. The largest absolute Gasteiger partial charge is 0.444 e. The molecule has 1 amide bonds. The maximum absolute atomic E-state index is 12.2. The van der Waals surface area contributed by atoms with Gasteiger partial charge in [0.25, 0.3) is 0 Å². The van der Waals surface area contributed by atoms with Gasteiger partial charge in [-0.1, -0.05) is 13.8 Å². The zero-order chi connectivity index (χ0) is 16.6. The molecule has 1 atom stereocenters. The van der Waals surface area contributed by atoms with Crippen molar-refractivity contribution in [3.05, 3.63) is 0 Å². The van der Waals surface area contributed by atoms with E-state index in [0.29, 0.717) is 18.8 Å². The van der Waals surface area contributed by atoms with Crippen LogP contribution >= 0.6 is 0 Å². The first kappa shape index (κ1) is 19.6. The van der Waals surface area contributed by atoms with Crippen LogP contribution in [0.3, 0.4) is 0 Å². The van der Waals surface area contributed by atoms with Crippen LogP contribution in [0.25, 0.3) is 0 Å². The van der Waals surface area contributed by atoms with Gasteiger partial charge >= 0.3 is 6.09 Å². The van der Waals surface area contributed by atoms with Crippen LogP contribution in [-0.4, -0.2) is 29.3 Å². The highest BCUT2D eigenvalue weighted by molar-refractivity contribution is 5.88. The lowest BCUT2D eigenvalue weighted by atomic mass is 9.98. The fourth-order valence-corrected chi connectivity index (χ4v) is 1.72. The SMILES string of the molecule is CC(=O)CCC(NC(=O)OC(C)(C)C)C(=O)CCC(C)C. The van der Waals surface area contributed by atoms with Crippen LogP contribution in [0.1, 0.15) is 67.2 Å². The molecule has 5 nitrogen and oxygen atoms in total. The molecule has 21 heavy (non-hydrogen) atoms. The monoisotopic (exact) mass is 299 g/mol. The summed E-state index contributed by atoms with van der Waals surface area (Å²) in [5.74, 6) is 0.377. The summed E-state index contributed by atoms with van der Waals surface area (Å²) in [5.41, 5.74) is -0.615. The molecule has 0 radical (unpaired) electrons. The number of hydrogen-bond acceptors (Lipinski definition) is 4. The van der Waals surface area contributed by atoms with Crippen molar-refractivity contribution < 1.29 is 19.1 Å². The molecule has 0 saturated carbocycles. The number of ether oxygens (including phenoxy) is 1. The minimum absolute atomic E-state index is 0.00245. The normalized spacial score (nSPS) is 12.9. The molecule has 5 heteroatoms. The van der Waals surface area contributed by atoms with Crippen LogP contribution in [0.5, 0.6) is 0 Å². The number of hydrogen-bond donors (Lipinski definition) is 1. The number of ketones is 2. The summed E-state index contributed by atoms with van der Waals surface area (Å²) >= 11 is 0. The molecule has 0 heterocycles. The van der Waals surface area contributed by atoms with E-state index in [1.54, 1.807) is 20.8 Å². The molecule has 0 spiro atoms. The molecule has 0 aliphatic heterocycles. The van der Waals surface area contributed by atoms with Crippen LogP contribution in [0, 0.1) is 5.92 Å². The van der Waals surface area contributed by atoms with Gasteiger partial charge < -0.3 is 14.8 Å². The summed E-state index contributed by atoms with van der Waals surface area (Å²) in [6.45, 7) is 10.8. The maximum Gasteiger partial charge on any atom is 0.408 e. The second-order valence-electron chi connectivity index (χ2n) is 6.84. The van der Waals surface area contributed by atoms with E-state index in [1.165, 1.54) is 6.92 Å². The topological polar surface area (TPSA) is 72.5 Å². The number of rotatable bonds is 8. The van der Waals surface area contributed by atoms with Gasteiger partial charge in [0.15, 0.2) is 5.78 Å². The Balaban J connectivity index is 4.61. The Morgan fingerprint density at radius 3 is 2.05 bits per heavy atom. The van der Waals surface area contributed by atoms with Gasteiger partial charge in [-0.05, 0) is 46.5 Å². The van der Waals surface area contributed by atoms with Crippen molar-refractivity contribution in [3.8, 4) is 0 Å². The van der Waals surface area contributed by atoms with Gasteiger partial charge in [-0.15, -0.1) is 0 Å². The lowest BCUT2D eigenvalue weighted by Gasteiger charge is -2.23. The van der Waals surface area contributed by atoms with Gasteiger partial charge in [-0.3, -0.25) is 4.79 Å². The van der Waals surface area contributed by atoms with Crippen LogP contribution in [0.2, 0.25) is 0 Å². The van der Waals surface area contributed by atoms with Crippen molar-refractivity contribution in [2.24, 2.45) is 5.92 Å². The van der Waals surface area contributed by atoms with E-state index in [2.05, 4.69) is 5.32 Å². The second kappa shape index (κ2) is 8.80. The van der Waals surface area contributed by atoms with Gasteiger partial charge in [0.05, 0.1) is 6.04 Å². The van der Waals surface area contributed by atoms with Crippen molar-refractivity contribution in [2.75, 3.05) is 0 Å². The molecule has 0 aliphatic rings. The molecule has 0 rings (SSSR count). The van der Waals surface area contributed by atoms with Crippen LogP contribution in [-0.2, 0) is 14.3 Å². The first-order valence-corrected chi connectivity index (χ1v) is 7.53. The Morgan fingerprint density at radius 2 is 1.62 bits per heavy atom. The highest BCUT2D eigenvalue weighted by Crippen LogP contribution is 2.11. The van der Waals surface area contributed by atoms with Gasteiger partial charge in [-0.25, -0.2) is 4.79 Å². The maximum atomic E-state index is 12.2.